The van der Waals surface area contributed by atoms with Crippen LogP contribution in [-0.4, -0.2) is 5.78 Å². The number of ketones is 1. The summed E-state index contributed by atoms with van der Waals surface area (Å²) in [4.78, 5) is 13.6. The maximum absolute atomic E-state index is 12.6. The topological polar surface area (TPSA) is 17.1 Å². The summed E-state index contributed by atoms with van der Waals surface area (Å²) in [5.41, 5.74) is 0. The van der Waals surface area contributed by atoms with Crippen molar-refractivity contribution >= 4 is 70.1 Å². The van der Waals surface area contributed by atoms with Gasteiger partial charge in [-0.1, -0.05) is 32.6 Å². The van der Waals surface area contributed by atoms with Crippen LogP contribution in [0.3, 0.4) is 0 Å². The van der Waals surface area contributed by atoms with Crippen LogP contribution in [0.2, 0.25) is 0 Å². The number of hydrogen-bond donors (Lipinski definition) is 0. The Kier molecular flexibility index (Phi) is 4.70. The van der Waals surface area contributed by atoms with Crippen molar-refractivity contribution in [1.82, 2.24) is 0 Å². The van der Waals surface area contributed by atoms with Gasteiger partial charge in [0.2, 0.25) is 0 Å². The minimum atomic E-state index is 0.320. The molecule has 0 fully saturated rings. The number of thiophene rings is 3. The minimum Gasteiger partial charge on any atom is -0.293 e. The van der Waals surface area contributed by atoms with Gasteiger partial charge >= 0.3 is 0 Å². The van der Waals surface area contributed by atoms with E-state index in [-0.39, 0.29) is 0 Å². The van der Waals surface area contributed by atoms with Crippen molar-refractivity contribution in [3.8, 4) is 0 Å². The Morgan fingerprint density at radius 2 is 1.54 bits per heavy atom. The molecule has 1 aromatic carbocycles. The summed E-state index contributed by atoms with van der Waals surface area (Å²) in [7, 11) is 0. The van der Waals surface area contributed by atoms with Crippen molar-refractivity contribution in [3.05, 3.63) is 33.8 Å². The molecule has 3 heterocycles. The van der Waals surface area contributed by atoms with E-state index in [4.69, 9.17) is 0 Å². The van der Waals surface area contributed by atoms with Gasteiger partial charge in [0, 0.05) is 36.7 Å². The Morgan fingerprint density at radius 1 is 0.875 bits per heavy atom. The van der Waals surface area contributed by atoms with E-state index in [2.05, 4.69) is 35.9 Å². The van der Waals surface area contributed by atoms with Gasteiger partial charge in [-0.3, -0.25) is 4.79 Å². The Hall–Kier alpha value is -1.23. The third kappa shape index (κ3) is 2.81. The van der Waals surface area contributed by atoms with Gasteiger partial charge in [0.1, 0.15) is 0 Å². The van der Waals surface area contributed by atoms with Crippen LogP contribution in [0.25, 0.3) is 30.3 Å². The third-order valence-corrected chi connectivity index (χ3v) is 7.68. The lowest BCUT2D eigenvalue weighted by atomic mass is 10.1. The molecule has 0 bridgehead atoms. The largest absolute Gasteiger partial charge is 0.293 e. The first-order chi connectivity index (χ1) is 11.8. The smallest absolute Gasteiger partial charge is 0.172 e. The van der Waals surface area contributed by atoms with Crippen LogP contribution < -0.4 is 0 Å². The van der Waals surface area contributed by atoms with Gasteiger partial charge in [-0.25, -0.2) is 0 Å². The second-order valence-corrected chi connectivity index (χ2v) is 9.15. The first-order valence-electron chi connectivity index (χ1n) is 8.62. The predicted molar refractivity (Wildman–Crippen MR) is 110 cm³/mol. The molecular formula is C20H20OS3. The van der Waals surface area contributed by atoms with Crippen LogP contribution in [0.15, 0.2) is 29.0 Å². The number of Topliss-reactive ketones (excluding diaryl/α,β-unsaturated/α-hetero) is 1. The number of benzene rings is 1. The van der Waals surface area contributed by atoms with Gasteiger partial charge in [0.25, 0.3) is 0 Å². The van der Waals surface area contributed by atoms with Gasteiger partial charge in [0.05, 0.1) is 4.88 Å². The zero-order valence-electron chi connectivity index (χ0n) is 13.8. The fourth-order valence-corrected chi connectivity index (χ4v) is 6.52. The van der Waals surface area contributed by atoms with E-state index < -0.39 is 0 Å². The van der Waals surface area contributed by atoms with Crippen molar-refractivity contribution in [1.29, 1.82) is 0 Å². The molecule has 0 atom stereocenters. The third-order valence-electron chi connectivity index (χ3n) is 4.58. The van der Waals surface area contributed by atoms with Gasteiger partial charge in [-0.05, 0) is 35.4 Å². The molecule has 0 aliphatic carbocycles. The second-order valence-electron chi connectivity index (χ2n) is 6.27. The van der Waals surface area contributed by atoms with E-state index in [0.29, 0.717) is 12.2 Å². The van der Waals surface area contributed by atoms with Gasteiger partial charge in [-0.2, -0.15) is 0 Å². The summed E-state index contributed by atoms with van der Waals surface area (Å²) in [5, 5.41) is 8.25. The average molecular weight is 373 g/mol. The molecule has 0 saturated carbocycles. The molecule has 0 aliphatic rings. The van der Waals surface area contributed by atoms with E-state index in [1.165, 1.54) is 55.9 Å². The lowest BCUT2D eigenvalue weighted by molar-refractivity contribution is 0.0983. The average Bonchev–Trinajstić information content (AvgIpc) is 3.30. The highest BCUT2D eigenvalue weighted by Gasteiger charge is 2.16. The van der Waals surface area contributed by atoms with E-state index in [1.807, 2.05) is 0 Å². The number of carbonyl (C=O) groups excluding carboxylic acids is 1. The monoisotopic (exact) mass is 372 g/mol. The maximum atomic E-state index is 12.6. The molecule has 4 aromatic rings. The van der Waals surface area contributed by atoms with Crippen molar-refractivity contribution < 1.29 is 4.79 Å². The lowest BCUT2D eigenvalue weighted by Crippen LogP contribution is -1.95. The molecule has 1 nitrogen and oxygen atoms in total. The summed E-state index contributed by atoms with van der Waals surface area (Å²) < 4.78 is 3.98. The molecule has 24 heavy (non-hydrogen) atoms. The molecule has 0 amide bonds. The SMILES string of the molecule is CCCCCCCC(=O)c1cc2c3sccc3c3sccc3c2s1. The normalized spacial score (nSPS) is 11.9. The van der Waals surface area contributed by atoms with Crippen LogP contribution in [0, 0.1) is 0 Å². The molecule has 3 aromatic heterocycles. The van der Waals surface area contributed by atoms with Crippen LogP contribution in [0.5, 0.6) is 0 Å². The van der Waals surface area contributed by atoms with Crippen LogP contribution in [0.1, 0.15) is 55.1 Å². The van der Waals surface area contributed by atoms with Crippen LogP contribution in [0.4, 0.5) is 0 Å². The molecule has 4 rings (SSSR count). The van der Waals surface area contributed by atoms with Crippen molar-refractivity contribution in [2.24, 2.45) is 0 Å². The van der Waals surface area contributed by atoms with Crippen molar-refractivity contribution in [3.63, 3.8) is 0 Å². The highest BCUT2D eigenvalue weighted by molar-refractivity contribution is 7.26. The number of rotatable bonds is 7. The molecule has 124 valence electrons. The number of hydrogen-bond acceptors (Lipinski definition) is 4. The Bertz CT molecular complexity index is 935. The maximum Gasteiger partial charge on any atom is 0.172 e. The van der Waals surface area contributed by atoms with E-state index >= 15 is 0 Å². The zero-order valence-corrected chi connectivity index (χ0v) is 16.2. The first-order valence-corrected chi connectivity index (χ1v) is 11.2. The summed E-state index contributed by atoms with van der Waals surface area (Å²) >= 11 is 5.28. The Balaban J connectivity index is 1.67. The summed E-state index contributed by atoms with van der Waals surface area (Å²) in [5.74, 6) is 0.320. The van der Waals surface area contributed by atoms with Gasteiger partial charge in [-0.15, -0.1) is 34.0 Å². The van der Waals surface area contributed by atoms with Gasteiger partial charge < -0.3 is 0 Å². The molecule has 0 saturated heterocycles. The molecule has 0 N–H and O–H groups in total. The molecule has 0 spiro atoms. The molecular weight excluding hydrogens is 352 g/mol. The molecule has 4 heteroatoms. The number of unbranched alkanes of at least 4 members (excludes halogenated alkanes) is 4. The molecule has 0 radical (unpaired) electrons. The summed E-state index contributed by atoms with van der Waals surface area (Å²) in [6.45, 7) is 2.22. The number of fused-ring (bicyclic) bond motifs is 6. The van der Waals surface area contributed by atoms with Crippen LogP contribution in [-0.2, 0) is 0 Å². The highest BCUT2D eigenvalue weighted by atomic mass is 32.1. The van der Waals surface area contributed by atoms with Crippen LogP contribution >= 0.6 is 34.0 Å². The fraction of sp³-hybridized carbons (Fsp3) is 0.350. The zero-order chi connectivity index (χ0) is 16.5. The Morgan fingerprint density at radius 3 is 2.29 bits per heavy atom. The second kappa shape index (κ2) is 6.95. The van der Waals surface area contributed by atoms with Gasteiger partial charge in [0.15, 0.2) is 5.78 Å². The minimum absolute atomic E-state index is 0.320. The van der Waals surface area contributed by atoms with Crippen molar-refractivity contribution in [2.75, 3.05) is 0 Å². The van der Waals surface area contributed by atoms with E-state index in [0.717, 1.165) is 11.3 Å². The highest BCUT2D eigenvalue weighted by Crippen LogP contribution is 2.43. The molecule has 0 aliphatic heterocycles. The molecule has 0 unspecified atom stereocenters. The summed E-state index contributed by atoms with van der Waals surface area (Å²) in [6, 6.07) is 6.56. The standard InChI is InChI=1S/C20H20OS3/c1-2-3-4-5-6-7-16(21)17-12-15-19-13(8-10-23-19)18-14(9-11-22-18)20(15)24-17/h8-12H,2-7H2,1H3. The predicted octanol–water partition coefficient (Wildman–Crippen LogP) is 7.87. The fourth-order valence-electron chi connectivity index (χ4n) is 3.30. The van der Waals surface area contributed by atoms with E-state index in [9.17, 15) is 4.79 Å². The first kappa shape index (κ1) is 16.2. The summed E-state index contributed by atoms with van der Waals surface area (Å²) in [6.07, 6.45) is 6.67. The van der Waals surface area contributed by atoms with Crippen molar-refractivity contribution in [2.45, 2.75) is 45.4 Å². The number of carbonyl (C=O) groups is 1. The van der Waals surface area contributed by atoms with E-state index in [1.54, 1.807) is 34.0 Å². The lowest BCUT2D eigenvalue weighted by Gasteiger charge is -1.98. The quantitative estimate of drug-likeness (QED) is 0.238. The Labute approximate surface area is 153 Å².